The summed E-state index contributed by atoms with van der Waals surface area (Å²) in [6.45, 7) is -0.474. The van der Waals surface area contributed by atoms with E-state index in [1.54, 1.807) is 0 Å². The van der Waals surface area contributed by atoms with Crippen molar-refractivity contribution in [3.05, 3.63) is 53.1 Å². The minimum atomic E-state index is -1.13. The van der Waals surface area contributed by atoms with Gasteiger partial charge in [0.25, 0.3) is 11.8 Å². The first-order valence-electron chi connectivity index (χ1n) is 8.94. The summed E-state index contributed by atoms with van der Waals surface area (Å²) in [5.74, 6) is -3.36. The number of amides is 3. The molecule has 2 aromatic rings. The van der Waals surface area contributed by atoms with Crippen LogP contribution in [-0.4, -0.2) is 48.5 Å². The summed E-state index contributed by atoms with van der Waals surface area (Å²) in [4.78, 5) is 38.9. The lowest BCUT2D eigenvalue weighted by atomic mass is 10.1. The van der Waals surface area contributed by atoms with Crippen LogP contribution in [0.4, 0.5) is 20.2 Å². The number of nitrogens with zero attached hydrogens (tertiary/aromatic N) is 4. The Morgan fingerprint density at radius 2 is 1.97 bits per heavy atom. The highest BCUT2D eigenvalue weighted by Crippen LogP contribution is 2.35. The number of fused-ring (bicyclic) bond motifs is 1. The fourth-order valence-electron chi connectivity index (χ4n) is 3.33. The van der Waals surface area contributed by atoms with Crippen LogP contribution in [0.3, 0.4) is 0 Å². The maximum Gasteiger partial charge on any atom is 0.263 e. The van der Waals surface area contributed by atoms with Crippen LogP contribution in [0, 0.1) is 11.6 Å². The first kappa shape index (κ1) is 20.7. The molecule has 2 aliphatic rings. The standard InChI is InChI=1S/C19H14ClF2N5O4/c1-31-14-5-3-10(7-11(14)20)27-18(29)16-17(19(27)30)26(25-24-16)8-15(28)23-13-4-2-9(21)6-12(13)22/h2-7,16-17H,8H2,1H3,(H,23,28). The molecule has 31 heavy (non-hydrogen) atoms. The molecule has 3 amide bonds. The molecule has 160 valence electrons. The van der Waals surface area contributed by atoms with Gasteiger partial charge in [0, 0.05) is 6.07 Å². The molecule has 0 spiro atoms. The van der Waals surface area contributed by atoms with Crippen molar-refractivity contribution >= 4 is 40.7 Å². The molecule has 12 heteroatoms. The first-order valence-corrected chi connectivity index (χ1v) is 9.31. The minimum Gasteiger partial charge on any atom is -0.495 e. The molecule has 2 aromatic carbocycles. The number of halogens is 3. The van der Waals surface area contributed by atoms with E-state index in [4.69, 9.17) is 16.3 Å². The zero-order valence-corrected chi connectivity index (χ0v) is 16.6. The van der Waals surface area contributed by atoms with Gasteiger partial charge in [-0.3, -0.25) is 19.4 Å². The van der Waals surface area contributed by atoms with E-state index in [2.05, 4.69) is 15.7 Å². The van der Waals surface area contributed by atoms with Gasteiger partial charge in [0.2, 0.25) is 5.91 Å². The molecule has 0 aliphatic carbocycles. The molecular formula is C19H14ClF2N5O4. The zero-order chi connectivity index (χ0) is 22.3. The average Bonchev–Trinajstić information content (AvgIpc) is 3.24. The van der Waals surface area contributed by atoms with Crippen LogP contribution in [0.2, 0.25) is 5.02 Å². The first-order chi connectivity index (χ1) is 14.8. The largest absolute Gasteiger partial charge is 0.495 e. The van der Waals surface area contributed by atoms with E-state index in [0.29, 0.717) is 11.8 Å². The Kier molecular flexibility index (Phi) is 5.27. The summed E-state index contributed by atoms with van der Waals surface area (Å²) in [6.07, 6.45) is 0. The normalized spacial score (nSPS) is 19.7. The van der Waals surface area contributed by atoms with Crippen molar-refractivity contribution in [3.8, 4) is 5.75 Å². The average molecular weight is 450 g/mol. The van der Waals surface area contributed by atoms with Gasteiger partial charge in [-0.1, -0.05) is 16.8 Å². The number of carbonyl (C=O) groups excluding carboxylic acids is 3. The molecular weight excluding hydrogens is 436 g/mol. The van der Waals surface area contributed by atoms with Gasteiger partial charge in [-0.25, -0.2) is 13.7 Å². The smallest absolute Gasteiger partial charge is 0.263 e. The Bertz CT molecular complexity index is 1130. The number of methoxy groups -OCH3 is 1. The van der Waals surface area contributed by atoms with Crippen molar-refractivity contribution in [2.24, 2.45) is 10.3 Å². The predicted molar refractivity (Wildman–Crippen MR) is 105 cm³/mol. The van der Waals surface area contributed by atoms with Crippen molar-refractivity contribution < 1.29 is 27.9 Å². The maximum absolute atomic E-state index is 13.7. The van der Waals surface area contributed by atoms with Gasteiger partial charge in [-0.15, -0.1) is 0 Å². The van der Waals surface area contributed by atoms with Gasteiger partial charge in [0.15, 0.2) is 12.1 Å². The highest BCUT2D eigenvalue weighted by molar-refractivity contribution is 6.33. The van der Waals surface area contributed by atoms with Crippen LogP contribution < -0.4 is 15.0 Å². The molecule has 2 aliphatic heterocycles. The number of carbonyl (C=O) groups is 3. The number of hydrogen-bond donors (Lipinski definition) is 1. The second-order valence-corrected chi connectivity index (χ2v) is 7.10. The number of imide groups is 1. The lowest BCUT2D eigenvalue weighted by Gasteiger charge is -2.20. The van der Waals surface area contributed by atoms with E-state index >= 15 is 0 Å². The maximum atomic E-state index is 13.7. The van der Waals surface area contributed by atoms with Gasteiger partial charge in [-0.2, -0.15) is 5.11 Å². The highest BCUT2D eigenvalue weighted by Gasteiger charge is 2.55. The Morgan fingerprint density at radius 3 is 2.65 bits per heavy atom. The zero-order valence-electron chi connectivity index (χ0n) is 15.9. The third kappa shape index (κ3) is 3.67. The van der Waals surface area contributed by atoms with Gasteiger partial charge >= 0.3 is 0 Å². The van der Waals surface area contributed by atoms with Crippen molar-refractivity contribution in [3.63, 3.8) is 0 Å². The number of ether oxygens (including phenoxy) is 1. The monoisotopic (exact) mass is 449 g/mol. The Morgan fingerprint density at radius 1 is 1.19 bits per heavy atom. The number of nitrogens with one attached hydrogen (secondary N) is 1. The lowest BCUT2D eigenvalue weighted by molar-refractivity contribution is -0.123. The van der Waals surface area contributed by atoms with Gasteiger partial charge in [0.1, 0.15) is 23.9 Å². The van der Waals surface area contributed by atoms with Crippen molar-refractivity contribution in [2.75, 3.05) is 23.9 Å². The Hall–Kier alpha value is -3.60. The molecule has 0 bridgehead atoms. The van der Waals surface area contributed by atoms with E-state index in [1.807, 2.05) is 0 Å². The van der Waals surface area contributed by atoms with E-state index in [0.717, 1.165) is 22.0 Å². The summed E-state index contributed by atoms with van der Waals surface area (Å²) >= 11 is 6.09. The SMILES string of the molecule is COc1ccc(N2C(=O)C3N=NN(CC(=O)Nc4ccc(F)cc4F)C3C2=O)cc1Cl. The Balaban J connectivity index is 1.50. The third-order valence-corrected chi connectivity index (χ3v) is 5.06. The summed E-state index contributed by atoms with van der Waals surface area (Å²) in [5, 5.41) is 11.1. The second kappa shape index (κ2) is 7.91. The molecule has 0 saturated carbocycles. The minimum absolute atomic E-state index is 0.205. The van der Waals surface area contributed by atoms with Crippen LogP contribution in [0.25, 0.3) is 0 Å². The van der Waals surface area contributed by atoms with Crippen LogP contribution >= 0.6 is 11.6 Å². The second-order valence-electron chi connectivity index (χ2n) is 6.70. The summed E-state index contributed by atoms with van der Waals surface area (Å²) < 4.78 is 31.8. The third-order valence-electron chi connectivity index (χ3n) is 4.76. The Labute approximate surface area is 179 Å². The van der Waals surface area contributed by atoms with Crippen LogP contribution in [0.5, 0.6) is 5.75 Å². The van der Waals surface area contributed by atoms with Gasteiger partial charge in [0.05, 0.1) is 23.5 Å². The van der Waals surface area contributed by atoms with E-state index < -0.39 is 48.0 Å². The van der Waals surface area contributed by atoms with E-state index in [1.165, 1.54) is 25.3 Å². The molecule has 0 aromatic heterocycles. The molecule has 9 nitrogen and oxygen atoms in total. The molecule has 1 N–H and O–H groups in total. The molecule has 4 rings (SSSR count). The summed E-state index contributed by atoms with van der Waals surface area (Å²) in [7, 11) is 1.43. The predicted octanol–water partition coefficient (Wildman–Crippen LogP) is 2.56. The van der Waals surface area contributed by atoms with Crippen LogP contribution in [0.15, 0.2) is 46.7 Å². The molecule has 1 saturated heterocycles. The number of anilines is 2. The van der Waals surface area contributed by atoms with Crippen molar-refractivity contribution in [1.29, 1.82) is 0 Å². The number of hydrogen-bond acceptors (Lipinski definition) is 7. The molecule has 2 heterocycles. The molecule has 0 radical (unpaired) electrons. The fourth-order valence-corrected chi connectivity index (χ4v) is 3.58. The lowest BCUT2D eigenvalue weighted by Crippen LogP contribution is -2.43. The van der Waals surface area contributed by atoms with E-state index in [9.17, 15) is 23.2 Å². The van der Waals surface area contributed by atoms with Crippen molar-refractivity contribution in [2.45, 2.75) is 12.1 Å². The van der Waals surface area contributed by atoms with Crippen molar-refractivity contribution in [1.82, 2.24) is 5.01 Å². The molecule has 1 fully saturated rings. The molecule has 2 unspecified atom stereocenters. The number of rotatable bonds is 5. The fraction of sp³-hybridized carbons (Fsp3) is 0.211. The highest BCUT2D eigenvalue weighted by atomic mass is 35.5. The van der Waals surface area contributed by atoms with Crippen LogP contribution in [0.1, 0.15) is 0 Å². The molecule has 2 atom stereocenters. The quantitative estimate of drug-likeness (QED) is 0.706. The number of benzene rings is 2. The van der Waals surface area contributed by atoms with Gasteiger partial charge < -0.3 is 10.1 Å². The van der Waals surface area contributed by atoms with Gasteiger partial charge in [-0.05, 0) is 30.3 Å². The van der Waals surface area contributed by atoms with E-state index in [-0.39, 0.29) is 16.4 Å². The topological polar surface area (TPSA) is 104 Å². The van der Waals surface area contributed by atoms with Crippen LogP contribution in [-0.2, 0) is 14.4 Å². The summed E-state index contributed by atoms with van der Waals surface area (Å²) in [6, 6.07) is 4.84. The summed E-state index contributed by atoms with van der Waals surface area (Å²) in [5.41, 5.74) is -0.00871.